The second-order valence-electron chi connectivity index (χ2n) is 9.08. The van der Waals surface area contributed by atoms with Crippen LogP contribution in [0, 0.1) is 6.92 Å². The molecular weight excluding hydrogens is 509 g/mol. The van der Waals surface area contributed by atoms with Crippen molar-refractivity contribution in [2.24, 2.45) is 0 Å². The standard InChI is InChI=1S/C24H27F3N6O3S/c1-15-20(37(34,35)32-22-11-12-28-14-29-22)9-10-23(30-15)36-19-8-7-16(13-18(19)33(2)3)17-5-4-6-21(31-17)24(25,26)27/h4-6,9-12,14,16,18-19H,7-8,13H2,1-3H3,(H,28,29,32)/t16-,18-,19-/m0/s1. The molecule has 1 N–H and O–H groups in total. The maximum atomic E-state index is 13.1. The van der Waals surface area contributed by atoms with Crippen molar-refractivity contribution < 1.29 is 26.3 Å². The van der Waals surface area contributed by atoms with Gasteiger partial charge in [0.15, 0.2) is 0 Å². The first kappa shape index (κ1) is 26.7. The third-order valence-corrected chi connectivity index (χ3v) is 7.78. The summed E-state index contributed by atoms with van der Waals surface area (Å²) in [7, 11) is -0.154. The molecule has 0 amide bonds. The number of sulfonamides is 1. The first-order chi connectivity index (χ1) is 17.4. The van der Waals surface area contributed by atoms with Crippen LogP contribution in [-0.4, -0.2) is 59.5 Å². The molecule has 1 fully saturated rings. The lowest BCUT2D eigenvalue weighted by molar-refractivity contribution is -0.141. The van der Waals surface area contributed by atoms with Gasteiger partial charge in [-0.15, -0.1) is 0 Å². The highest BCUT2D eigenvalue weighted by Crippen LogP contribution is 2.37. The van der Waals surface area contributed by atoms with E-state index in [1.165, 1.54) is 36.8 Å². The Labute approximate surface area is 213 Å². The molecule has 4 rings (SSSR count). The number of halogens is 3. The van der Waals surface area contributed by atoms with Crippen LogP contribution in [0.5, 0.6) is 5.88 Å². The molecule has 198 valence electrons. The topological polar surface area (TPSA) is 110 Å². The van der Waals surface area contributed by atoms with Crippen molar-refractivity contribution in [1.29, 1.82) is 0 Å². The molecule has 0 saturated heterocycles. The van der Waals surface area contributed by atoms with E-state index in [1.807, 2.05) is 19.0 Å². The number of hydrogen-bond acceptors (Lipinski definition) is 8. The molecule has 0 spiro atoms. The fraction of sp³-hybridized carbons (Fsp3) is 0.417. The molecule has 1 aliphatic rings. The minimum absolute atomic E-state index is 0.0121. The molecule has 3 aromatic heterocycles. The van der Waals surface area contributed by atoms with E-state index >= 15 is 0 Å². The fourth-order valence-electron chi connectivity index (χ4n) is 4.48. The summed E-state index contributed by atoms with van der Waals surface area (Å²) in [6, 6.07) is 8.24. The summed E-state index contributed by atoms with van der Waals surface area (Å²) in [6.45, 7) is 1.57. The maximum absolute atomic E-state index is 13.1. The largest absolute Gasteiger partial charge is 0.473 e. The quantitative estimate of drug-likeness (QED) is 0.482. The highest BCUT2D eigenvalue weighted by molar-refractivity contribution is 7.92. The predicted octanol–water partition coefficient (Wildman–Crippen LogP) is 4.04. The van der Waals surface area contributed by atoms with Gasteiger partial charge in [0.25, 0.3) is 10.0 Å². The number of anilines is 1. The lowest BCUT2D eigenvalue weighted by atomic mass is 9.81. The Bertz CT molecular complexity index is 1340. The molecule has 3 atom stereocenters. The fourth-order valence-corrected chi connectivity index (χ4v) is 5.67. The van der Waals surface area contributed by atoms with E-state index in [9.17, 15) is 21.6 Å². The highest BCUT2D eigenvalue weighted by Gasteiger charge is 2.37. The van der Waals surface area contributed by atoms with Crippen LogP contribution in [0.2, 0.25) is 0 Å². The van der Waals surface area contributed by atoms with Crippen LogP contribution < -0.4 is 9.46 Å². The third kappa shape index (κ3) is 6.34. The Kier molecular flexibility index (Phi) is 7.64. The molecule has 0 aliphatic heterocycles. The molecule has 0 bridgehead atoms. The highest BCUT2D eigenvalue weighted by atomic mass is 32.2. The van der Waals surface area contributed by atoms with Gasteiger partial charge >= 0.3 is 6.18 Å². The number of aromatic nitrogens is 4. The van der Waals surface area contributed by atoms with Gasteiger partial charge in [0, 0.05) is 29.9 Å². The average molecular weight is 537 g/mol. The second-order valence-corrected chi connectivity index (χ2v) is 10.7. The zero-order chi connectivity index (χ0) is 26.8. The van der Waals surface area contributed by atoms with E-state index in [2.05, 4.69) is 24.7 Å². The molecule has 0 unspecified atom stereocenters. The number of nitrogens with one attached hydrogen (secondary N) is 1. The number of aryl methyl sites for hydroxylation is 1. The second kappa shape index (κ2) is 10.6. The Morgan fingerprint density at radius 3 is 2.51 bits per heavy atom. The summed E-state index contributed by atoms with van der Waals surface area (Å²) < 4.78 is 73.6. The van der Waals surface area contributed by atoms with Gasteiger partial charge in [-0.1, -0.05) is 6.07 Å². The van der Waals surface area contributed by atoms with E-state index in [1.54, 1.807) is 13.0 Å². The molecule has 9 nitrogen and oxygen atoms in total. The zero-order valence-electron chi connectivity index (χ0n) is 20.5. The normalized spacial score (nSPS) is 20.6. The van der Waals surface area contributed by atoms with Crippen molar-refractivity contribution in [3.05, 3.63) is 66.0 Å². The number of hydrogen-bond donors (Lipinski definition) is 1. The number of likely N-dealkylation sites (N-methyl/N-ethyl adjacent to an activating group) is 1. The van der Waals surface area contributed by atoms with Gasteiger partial charge < -0.3 is 9.64 Å². The van der Waals surface area contributed by atoms with Crippen LogP contribution in [0.1, 0.15) is 42.3 Å². The van der Waals surface area contributed by atoms with Crippen molar-refractivity contribution in [3.8, 4) is 5.88 Å². The number of rotatable bonds is 7. The number of nitrogens with zero attached hydrogens (tertiary/aromatic N) is 5. The van der Waals surface area contributed by atoms with Gasteiger partial charge in [-0.3, -0.25) is 4.72 Å². The van der Waals surface area contributed by atoms with E-state index < -0.39 is 21.9 Å². The zero-order valence-corrected chi connectivity index (χ0v) is 21.3. The molecule has 0 radical (unpaired) electrons. The smallest absolute Gasteiger partial charge is 0.433 e. The number of pyridine rings is 2. The predicted molar refractivity (Wildman–Crippen MR) is 130 cm³/mol. The van der Waals surface area contributed by atoms with Crippen molar-refractivity contribution in [1.82, 2.24) is 24.8 Å². The Balaban J connectivity index is 1.48. The van der Waals surface area contributed by atoms with Crippen molar-refractivity contribution in [2.45, 2.75) is 55.3 Å². The monoisotopic (exact) mass is 536 g/mol. The van der Waals surface area contributed by atoms with E-state index in [-0.39, 0.29) is 40.4 Å². The number of ether oxygens (including phenoxy) is 1. The minimum atomic E-state index is -4.50. The summed E-state index contributed by atoms with van der Waals surface area (Å²) in [5.41, 5.74) is -0.226. The van der Waals surface area contributed by atoms with E-state index in [0.717, 1.165) is 6.07 Å². The SMILES string of the molecule is Cc1nc(O[C@H]2CC[C@H](c3cccc(C(F)(F)F)n3)C[C@@H]2N(C)C)ccc1S(=O)(=O)Nc1ccncn1. The van der Waals surface area contributed by atoms with Gasteiger partial charge in [0.1, 0.15) is 28.8 Å². The third-order valence-electron chi connectivity index (χ3n) is 6.29. The van der Waals surface area contributed by atoms with Crippen LogP contribution >= 0.6 is 0 Å². The first-order valence-electron chi connectivity index (χ1n) is 11.6. The van der Waals surface area contributed by atoms with Crippen LogP contribution in [0.3, 0.4) is 0 Å². The molecule has 3 aromatic rings. The van der Waals surface area contributed by atoms with Crippen molar-refractivity contribution in [2.75, 3.05) is 18.8 Å². The van der Waals surface area contributed by atoms with Crippen LogP contribution in [0.25, 0.3) is 0 Å². The maximum Gasteiger partial charge on any atom is 0.433 e. The van der Waals surface area contributed by atoms with E-state index in [0.29, 0.717) is 25.0 Å². The summed E-state index contributed by atoms with van der Waals surface area (Å²) in [6.07, 6.45) is -0.403. The molecule has 1 aliphatic carbocycles. The van der Waals surface area contributed by atoms with Crippen LogP contribution in [0.4, 0.5) is 19.0 Å². The Morgan fingerprint density at radius 2 is 1.86 bits per heavy atom. The first-order valence-corrected chi connectivity index (χ1v) is 13.1. The van der Waals surface area contributed by atoms with Crippen LogP contribution in [-0.2, 0) is 16.2 Å². The van der Waals surface area contributed by atoms with E-state index in [4.69, 9.17) is 4.74 Å². The molecule has 3 heterocycles. The minimum Gasteiger partial charge on any atom is -0.473 e. The van der Waals surface area contributed by atoms with Gasteiger partial charge in [-0.2, -0.15) is 13.2 Å². The average Bonchev–Trinajstić information content (AvgIpc) is 2.84. The van der Waals surface area contributed by atoms with Crippen molar-refractivity contribution >= 4 is 15.8 Å². The van der Waals surface area contributed by atoms with Gasteiger partial charge in [-0.05, 0) is 64.5 Å². The lowest BCUT2D eigenvalue weighted by Gasteiger charge is -2.39. The van der Waals surface area contributed by atoms with Gasteiger partial charge in [0.05, 0.1) is 5.69 Å². The molecule has 1 saturated carbocycles. The van der Waals surface area contributed by atoms with Crippen LogP contribution in [0.15, 0.2) is 53.8 Å². The molecular formula is C24H27F3N6O3S. The Hall–Kier alpha value is -3.32. The Morgan fingerprint density at radius 1 is 1.08 bits per heavy atom. The summed E-state index contributed by atoms with van der Waals surface area (Å²) in [4.78, 5) is 17.8. The number of alkyl halides is 3. The summed E-state index contributed by atoms with van der Waals surface area (Å²) in [5, 5.41) is 0. The van der Waals surface area contributed by atoms with Gasteiger partial charge in [0.2, 0.25) is 5.88 Å². The van der Waals surface area contributed by atoms with Gasteiger partial charge in [-0.25, -0.2) is 28.4 Å². The summed E-state index contributed by atoms with van der Waals surface area (Å²) >= 11 is 0. The van der Waals surface area contributed by atoms with Crippen molar-refractivity contribution in [3.63, 3.8) is 0 Å². The summed E-state index contributed by atoms with van der Waals surface area (Å²) in [5.74, 6) is 0.256. The lowest BCUT2D eigenvalue weighted by Crippen LogP contribution is -2.46. The molecule has 13 heteroatoms. The molecule has 0 aromatic carbocycles. The molecule has 37 heavy (non-hydrogen) atoms.